The minimum Gasteiger partial charge on any atom is -0.497 e. The van der Waals surface area contributed by atoms with Gasteiger partial charge < -0.3 is 10.1 Å². The van der Waals surface area contributed by atoms with Gasteiger partial charge >= 0.3 is 0 Å². The van der Waals surface area contributed by atoms with Crippen LogP contribution < -0.4 is 10.1 Å². The summed E-state index contributed by atoms with van der Waals surface area (Å²) in [5.41, 5.74) is 0.568. The molecule has 0 unspecified atom stereocenters. The fraction of sp³-hybridized carbons (Fsp3) is 0.389. The Morgan fingerprint density at radius 1 is 1.24 bits per heavy atom. The number of benzene rings is 1. The van der Waals surface area contributed by atoms with E-state index in [0.717, 1.165) is 4.90 Å². The lowest BCUT2D eigenvalue weighted by molar-refractivity contribution is -0.146. The van der Waals surface area contributed by atoms with Crippen molar-refractivity contribution in [2.75, 3.05) is 12.4 Å². The van der Waals surface area contributed by atoms with Gasteiger partial charge in [-0.15, -0.1) is 0 Å². The van der Waals surface area contributed by atoms with Gasteiger partial charge in [-0.2, -0.15) is 0 Å². The second kappa shape index (κ2) is 6.88. The van der Waals surface area contributed by atoms with Crippen molar-refractivity contribution in [1.29, 1.82) is 0 Å². The van der Waals surface area contributed by atoms with E-state index >= 15 is 0 Å². The number of ether oxygens (including phenoxy) is 1. The van der Waals surface area contributed by atoms with E-state index in [1.54, 1.807) is 44.4 Å². The van der Waals surface area contributed by atoms with Crippen LogP contribution >= 0.6 is 11.6 Å². The van der Waals surface area contributed by atoms with E-state index in [1.807, 2.05) is 0 Å². The molecule has 6 nitrogen and oxygen atoms in total. The molecule has 1 N–H and O–H groups in total. The Labute approximate surface area is 150 Å². The third kappa shape index (κ3) is 3.26. The summed E-state index contributed by atoms with van der Waals surface area (Å²) in [4.78, 5) is 38.7. The lowest BCUT2D eigenvalue weighted by Crippen LogP contribution is -2.46. The quantitative estimate of drug-likeness (QED) is 0.835. The van der Waals surface area contributed by atoms with Gasteiger partial charge in [0.05, 0.1) is 18.9 Å². The third-order valence-corrected chi connectivity index (χ3v) is 5.04. The number of rotatable bonds is 4. The summed E-state index contributed by atoms with van der Waals surface area (Å²) >= 11 is 6.01. The molecule has 1 heterocycles. The Kier molecular flexibility index (Phi) is 4.81. The van der Waals surface area contributed by atoms with Crippen molar-refractivity contribution in [2.45, 2.75) is 25.8 Å². The van der Waals surface area contributed by atoms with Crippen molar-refractivity contribution in [3.8, 4) is 5.75 Å². The molecule has 3 rings (SSSR count). The number of hydrogen-bond donors (Lipinski definition) is 1. The third-order valence-electron chi connectivity index (χ3n) is 4.73. The number of fused-ring (bicyclic) bond motifs is 1. The van der Waals surface area contributed by atoms with Crippen LogP contribution in [0.1, 0.15) is 19.8 Å². The molecule has 0 spiro atoms. The number of nitrogens with zero attached hydrogens (tertiary/aromatic N) is 1. The van der Waals surface area contributed by atoms with Gasteiger partial charge in [0.15, 0.2) is 0 Å². The van der Waals surface area contributed by atoms with Crippen LogP contribution in [0.2, 0.25) is 0 Å². The number of methoxy groups -OCH3 is 1. The maximum Gasteiger partial charge on any atom is 0.247 e. The number of anilines is 1. The first-order valence-electron chi connectivity index (χ1n) is 8.08. The predicted octanol–water partition coefficient (Wildman–Crippen LogP) is 2.54. The molecule has 1 aliphatic heterocycles. The molecule has 1 saturated heterocycles. The van der Waals surface area contributed by atoms with Crippen molar-refractivity contribution in [2.24, 2.45) is 11.8 Å². The lowest BCUT2D eigenvalue weighted by Gasteiger charge is -2.22. The molecule has 0 aromatic heterocycles. The molecule has 7 heteroatoms. The molecule has 0 bridgehead atoms. The molecular formula is C18H19ClN2O4. The summed E-state index contributed by atoms with van der Waals surface area (Å²) < 4.78 is 5.07. The summed E-state index contributed by atoms with van der Waals surface area (Å²) in [7, 11) is 1.56. The fourth-order valence-electron chi connectivity index (χ4n) is 3.27. The largest absolute Gasteiger partial charge is 0.497 e. The molecule has 0 saturated carbocycles. The number of nitrogens with one attached hydrogen (secondary N) is 1. The molecule has 132 valence electrons. The lowest BCUT2D eigenvalue weighted by atomic mass is 9.85. The number of likely N-dealkylation sites (tertiary alicyclic amines) is 1. The molecule has 2 aliphatic rings. The second-order valence-electron chi connectivity index (χ2n) is 6.24. The first kappa shape index (κ1) is 17.5. The zero-order valence-corrected chi connectivity index (χ0v) is 14.7. The van der Waals surface area contributed by atoms with Crippen LogP contribution in [0.15, 0.2) is 35.4 Å². The number of carbonyl (C=O) groups is 3. The van der Waals surface area contributed by atoms with E-state index in [-0.39, 0.29) is 11.8 Å². The summed E-state index contributed by atoms with van der Waals surface area (Å²) in [6.07, 6.45) is 2.58. The second-order valence-corrected chi connectivity index (χ2v) is 6.73. The Bertz CT molecular complexity index is 744. The molecule has 1 fully saturated rings. The normalized spacial score (nSPS) is 23.8. The van der Waals surface area contributed by atoms with Crippen molar-refractivity contribution in [1.82, 2.24) is 4.90 Å². The van der Waals surface area contributed by atoms with E-state index in [2.05, 4.69) is 5.32 Å². The maximum atomic E-state index is 12.6. The number of halogens is 1. The SMILES string of the molecule is COc1ccc(NC(=O)[C@@H](C)N2C(=O)[C@H]3CC=C(Cl)C[C@@H]3C2=O)cc1. The van der Waals surface area contributed by atoms with Crippen molar-refractivity contribution < 1.29 is 19.1 Å². The smallest absolute Gasteiger partial charge is 0.247 e. The van der Waals surface area contributed by atoms with Crippen LogP contribution in [0.5, 0.6) is 5.75 Å². The van der Waals surface area contributed by atoms with Gasteiger partial charge in [0, 0.05) is 10.7 Å². The fourth-order valence-corrected chi connectivity index (χ4v) is 3.53. The molecule has 1 aliphatic carbocycles. The van der Waals surface area contributed by atoms with E-state index < -0.39 is 23.8 Å². The Hall–Kier alpha value is -2.34. The van der Waals surface area contributed by atoms with Gasteiger partial charge in [-0.1, -0.05) is 17.7 Å². The zero-order valence-electron chi connectivity index (χ0n) is 14.0. The van der Waals surface area contributed by atoms with Crippen molar-refractivity contribution in [3.63, 3.8) is 0 Å². The van der Waals surface area contributed by atoms with Crippen LogP contribution in [0.25, 0.3) is 0 Å². The van der Waals surface area contributed by atoms with Gasteiger partial charge in [-0.25, -0.2) is 0 Å². The summed E-state index contributed by atoms with van der Waals surface area (Å²) in [6, 6.07) is 5.94. The summed E-state index contributed by atoms with van der Waals surface area (Å²) in [6.45, 7) is 1.56. The number of imide groups is 1. The number of carbonyl (C=O) groups excluding carboxylic acids is 3. The Balaban J connectivity index is 1.71. The van der Waals surface area contributed by atoms with Crippen LogP contribution in [0, 0.1) is 11.8 Å². The number of allylic oxidation sites excluding steroid dienone is 2. The average molecular weight is 363 g/mol. The minimum atomic E-state index is -0.883. The highest BCUT2D eigenvalue weighted by Gasteiger charge is 2.51. The van der Waals surface area contributed by atoms with Gasteiger partial charge in [-0.3, -0.25) is 19.3 Å². The highest BCUT2D eigenvalue weighted by Crippen LogP contribution is 2.39. The standard InChI is InChI=1S/C18H19ClN2O4/c1-10(16(22)20-12-4-6-13(25-2)7-5-12)21-17(23)14-8-3-11(19)9-15(14)18(21)24/h3-7,10,14-15H,8-9H2,1-2H3,(H,20,22)/t10-,14+,15+/m1/s1. The molecule has 25 heavy (non-hydrogen) atoms. The number of amides is 3. The summed E-state index contributed by atoms with van der Waals surface area (Å²) in [5, 5.41) is 3.32. The molecule has 0 radical (unpaired) electrons. The van der Waals surface area contributed by atoms with Crippen LogP contribution in [0.4, 0.5) is 5.69 Å². The van der Waals surface area contributed by atoms with E-state index in [1.165, 1.54) is 0 Å². The Morgan fingerprint density at radius 3 is 2.52 bits per heavy atom. The topological polar surface area (TPSA) is 75.7 Å². The highest BCUT2D eigenvalue weighted by molar-refractivity contribution is 6.30. The average Bonchev–Trinajstić information content (AvgIpc) is 2.85. The summed E-state index contributed by atoms with van der Waals surface area (Å²) in [5.74, 6) is -1.23. The molecule has 1 aromatic carbocycles. The molecule has 3 amide bonds. The van der Waals surface area contributed by atoms with E-state index in [4.69, 9.17) is 16.3 Å². The van der Waals surface area contributed by atoms with Gasteiger partial charge in [0.2, 0.25) is 17.7 Å². The zero-order chi connectivity index (χ0) is 18.1. The van der Waals surface area contributed by atoms with Crippen molar-refractivity contribution >= 4 is 35.0 Å². The van der Waals surface area contributed by atoms with Gasteiger partial charge in [0.1, 0.15) is 11.8 Å². The van der Waals surface area contributed by atoms with Crippen LogP contribution in [-0.4, -0.2) is 35.8 Å². The van der Waals surface area contributed by atoms with E-state index in [9.17, 15) is 14.4 Å². The van der Waals surface area contributed by atoms with Gasteiger partial charge in [-0.05, 0) is 44.0 Å². The monoisotopic (exact) mass is 362 g/mol. The molecule has 3 atom stereocenters. The van der Waals surface area contributed by atoms with Crippen LogP contribution in [0.3, 0.4) is 0 Å². The Morgan fingerprint density at radius 2 is 1.88 bits per heavy atom. The van der Waals surface area contributed by atoms with Crippen molar-refractivity contribution in [3.05, 3.63) is 35.4 Å². The first-order valence-corrected chi connectivity index (χ1v) is 8.46. The van der Waals surface area contributed by atoms with Crippen LogP contribution in [-0.2, 0) is 14.4 Å². The molecular weight excluding hydrogens is 344 g/mol. The molecule has 1 aromatic rings. The highest BCUT2D eigenvalue weighted by atomic mass is 35.5. The maximum absolute atomic E-state index is 12.6. The van der Waals surface area contributed by atoms with E-state index in [0.29, 0.717) is 29.3 Å². The number of hydrogen-bond acceptors (Lipinski definition) is 4. The predicted molar refractivity (Wildman–Crippen MR) is 93.1 cm³/mol. The first-order chi connectivity index (χ1) is 11.9. The van der Waals surface area contributed by atoms with Gasteiger partial charge in [0.25, 0.3) is 0 Å². The minimum absolute atomic E-state index is 0.298.